The zero-order valence-electron chi connectivity index (χ0n) is 14.5. The van der Waals surface area contributed by atoms with Gasteiger partial charge in [-0.05, 0) is 31.5 Å². The molecule has 0 spiro atoms. The van der Waals surface area contributed by atoms with Crippen molar-refractivity contribution in [3.63, 3.8) is 0 Å². The Kier molecular flexibility index (Phi) is 5.61. The average Bonchev–Trinajstić information content (AvgIpc) is 2.61. The second kappa shape index (κ2) is 7.52. The molecule has 0 bridgehead atoms. The van der Waals surface area contributed by atoms with Gasteiger partial charge in [0, 0.05) is 19.2 Å². The third-order valence-corrected chi connectivity index (χ3v) is 5.67. The normalized spacial score (nSPS) is 11.0. The van der Waals surface area contributed by atoms with Crippen LogP contribution in [0.1, 0.15) is 22.8 Å². The van der Waals surface area contributed by atoms with Gasteiger partial charge in [0.05, 0.1) is 27.7 Å². The minimum absolute atomic E-state index is 0.0866. The fourth-order valence-corrected chi connectivity index (χ4v) is 3.84. The number of carbonyl (C=O) groups is 1. The van der Waals surface area contributed by atoms with Crippen LogP contribution in [0.15, 0.2) is 47.4 Å². The van der Waals surface area contributed by atoms with E-state index in [9.17, 15) is 23.3 Å². The molecular formula is C17H18N2O6S. The lowest BCUT2D eigenvalue weighted by Gasteiger charge is -2.22. The van der Waals surface area contributed by atoms with Gasteiger partial charge in [-0.1, -0.05) is 18.2 Å². The number of aryl methyl sites for hydroxylation is 1. The number of carbonyl (C=O) groups excluding carboxylic acids is 1. The summed E-state index contributed by atoms with van der Waals surface area (Å²) in [5, 5.41) is 11.0. The minimum Gasteiger partial charge on any atom is -0.462 e. The number of ether oxygens (including phenoxy) is 1. The quantitative estimate of drug-likeness (QED) is 0.435. The van der Waals surface area contributed by atoms with Gasteiger partial charge in [-0.15, -0.1) is 0 Å². The molecule has 0 aliphatic rings. The second-order valence-corrected chi connectivity index (χ2v) is 7.35. The molecular weight excluding hydrogens is 360 g/mol. The lowest BCUT2D eigenvalue weighted by atomic mass is 10.2. The van der Waals surface area contributed by atoms with Crippen LogP contribution in [0.2, 0.25) is 0 Å². The zero-order chi connectivity index (χ0) is 19.5. The monoisotopic (exact) mass is 378 g/mol. The number of benzene rings is 2. The lowest BCUT2D eigenvalue weighted by molar-refractivity contribution is -0.385. The van der Waals surface area contributed by atoms with Crippen molar-refractivity contribution >= 4 is 27.4 Å². The maximum atomic E-state index is 13.0. The average molecular weight is 378 g/mol. The minimum atomic E-state index is -4.13. The highest BCUT2D eigenvalue weighted by molar-refractivity contribution is 7.92. The highest BCUT2D eigenvalue weighted by Gasteiger charge is 2.28. The molecule has 0 saturated heterocycles. The van der Waals surface area contributed by atoms with Crippen molar-refractivity contribution in [1.29, 1.82) is 0 Å². The number of non-ortho nitro benzene ring substituents is 1. The van der Waals surface area contributed by atoms with E-state index in [-0.39, 0.29) is 28.4 Å². The first-order valence-corrected chi connectivity index (χ1v) is 9.14. The molecule has 9 heteroatoms. The summed E-state index contributed by atoms with van der Waals surface area (Å²) in [6.45, 7) is 3.34. The molecule has 2 aromatic rings. The Morgan fingerprint density at radius 2 is 1.88 bits per heavy atom. The van der Waals surface area contributed by atoms with E-state index in [0.29, 0.717) is 5.56 Å². The number of hydrogen-bond acceptors (Lipinski definition) is 6. The van der Waals surface area contributed by atoms with E-state index in [1.807, 2.05) is 0 Å². The number of nitrogens with zero attached hydrogens (tertiary/aromatic N) is 2. The van der Waals surface area contributed by atoms with Gasteiger partial charge < -0.3 is 4.74 Å². The predicted octanol–water partition coefficient (Wildman–Crippen LogP) is 2.91. The van der Waals surface area contributed by atoms with Crippen LogP contribution >= 0.6 is 0 Å². The van der Waals surface area contributed by atoms with E-state index in [1.54, 1.807) is 26.0 Å². The van der Waals surface area contributed by atoms with E-state index < -0.39 is 20.9 Å². The Hall–Kier alpha value is -2.94. The number of rotatable bonds is 6. The molecule has 0 fully saturated rings. The van der Waals surface area contributed by atoms with Crippen molar-refractivity contribution in [2.24, 2.45) is 0 Å². The highest BCUT2D eigenvalue weighted by atomic mass is 32.2. The molecule has 0 aliphatic heterocycles. The Bertz CT molecular complexity index is 955. The van der Waals surface area contributed by atoms with Crippen molar-refractivity contribution in [3.8, 4) is 0 Å². The molecule has 0 radical (unpaired) electrons. The molecule has 26 heavy (non-hydrogen) atoms. The number of esters is 1. The van der Waals surface area contributed by atoms with Crippen LogP contribution in [0.3, 0.4) is 0 Å². The Morgan fingerprint density at radius 1 is 1.23 bits per heavy atom. The van der Waals surface area contributed by atoms with E-state index in [2.05, 4.69) is 0 Å². The van der Waals surface area contributed by atoms with Crippen LogP contribution in [-0.4, -0.2) is 33.0 Å². The largest absolute Gasteiger partial charge is 0.462 e. The van der Waals surface area contributed by atoms with Crippen LogP contribution in [-0.2, 0) is 14.8 Å². The van der Waals surface area contributed by atoms with E-state index in [0.717, 1.165) is 10.4 Å². The number of nitro benzene ring substituents is 1. The van der Waals surface area contributed by atoms with Gasteiger partial charge in [0.15, 0.2) is 0 Å². The molecule has 0 aliphatic carbocycles. The summed E-state index contributed by atoms with van der Waals surface area (Å²) >= 11 is 0. The van der Waals surface area contributed by atoms with E-state index in [4.69, 9.17) is 4.74 Å². The topological polar surface area (TPSA) is 107 Å². The van der Waals surface area contributed by atoms with Crippen LogP contribution < -0.4 is 4.31 Å². The first-order valence-electron chi connectivity index (χ1n) is 7.70. The van der Waals surface area contributed by atoms with Gasteiger partial charge in [0.2, 0.25) is 0 Å². The first kappa shape index (κ1) is 19.4. The van der Waals surface area contributed by atoms with Crippen molar-refractivity contribution < 1.29 is 22.9 Å². The molecule has 2 rings (SSSR count). The van der Waals surface area contributed by atoms with Crippen LogP contribution in [0.5, 0.6) is 0 Å². The number of anilines is 1. The number of nitro groups is 1. The van der Waals surface area contributed by atoms with Crippen molar-refractivity contribution in [1.82, 2.24) is 0 Å². The van der Waals surface area contributed by atoms with Gasteiger partial charge in [0.25, 0.3) is 15.7 Å². The summed E-state index contributed by atoms with van der Waals surface area (Å²) < 4.78 is 31.9. The maximum absolute atomic E-state index is 13.0. The SMILES string of the molecule is CCOC(=O)c1ccccc1N(C)S(=O)(=O)c1cc([N+](=O)[O-])ccc1C. The smallest absolute Gasteiger partial charge is 0.340 e. The van der Waals surface area contributed by atoms with Gasteiger partial charge in [-0.2, -0.15) is 0 Å². The summed E-state index contributed by atoms with van der Waals surface area (Å²) in [5.74, 6) is -0.652. The van der Waals surface area contributed by atoms with Crippen molar-refractivity contribution in [3.05, 3.63) is 63.7 Å². The summed E-state index contributed by atoms with van der Waals surface area (Å²) in [6.07, 6.45) is 0. The summed E-state index contributed by atoms with van der Waals surface area (Å²) in [6, 6.07) is 9.72. The predicted molar refractivity (Wildman–Crippen MR) is 95.8 cm³/mol. The number of hydrogen-bond donors (Lipinski definition) is 0. The Labute approximate surface area is 151 Å². The van der Waals surface area contributed by atoms with E-state index in [1.165, 1.54) is 31.3 Å². The molecule has 0 aromatic heterocycles. The van der Waals surface area contributed by atoms with Crippen LogP contribution in [0.25, 0.3) is 0 Å². The maximum Gasteiger partial charge on any atom is 0.340 e. The molecule has 8 nitrogen and oxygen atoms in total. The molecule has 0 saturated carbocycles. The lowest BCUT2D eigenvalue weighted by Crippen LogP contribution is -2.29. The third-order valence-electron chi connectivity index (χ3n) is 3.76. The molecule has 2 aromatic carbocycles. The Morgan fingerprint density at radius 3 is 2.50 bits per heavy atom. The summed E-state index contributed by atoms with van der Waals surface area (Å²) in [5.41, 5.74) is 0.234. The molecule has 0 amide bonds. The van der Waals surface area contributed by atoms with Crippen LogP contribution in [0, 0.1) is 17.0 Å². The van der Waals surface area contributed by atoms with Gasteiger partial charge >= 0.3 is 5.97 Å². The van der Waals surface area contributed by atoms with Crippen molar-refractivity contribution in [2.45, 2.75) is 18.7 Å². The van der Waals surface area contributed by atoms with E-state index >= 15 is 0 Å². The molecule has 138 valence electrons. The molecule has 0 heterocycles. The first-order chi connectivity index (χ1) is 12.2. The van der Waals surface area contributed by atoms with Gasteiger partial charge in [-0.3, -0.25) is 14.4 Å². The third kappa shape index (κ3) is 3.67. The molecule has 0 unspecified atom stereocenters. The molecule has 0 N–H and O–H groups in total. The fourth-order valence-electron chi connectivity index (χ4n) is 2.39. The zero-order valence-corrected chi connectivity index (χ0v) is 15.3. The van der Waals surface area contributed by atoms with Gasteiger partial charge in [-0.25, -0.2) is 13.2 Å². The summed E-state index contributed by atoms with van der Waals surface area (Å²) in [4.78, 5) is 22.2. The van der Waals surface area contributed by atoms with Crippen LogP contribution in [0.4, 0.5) is 11.4 Å². The highest BCUT2D eigenvalue weighted by Crippen LogP contribution is 2.29. The number of sulfonamides is 1. The second-order valence-electron chi connectivity index (χ2n) is 5.42. The summed E-state index contributed by atoms with van der Waals surface area (Å²) in [7, 11) is -2.85. The van der Waals surface area contributed by atoms with Crippen molar-refractivity contribution in [2.75, 3.05) is 18.0 Å². The Balaban J connectivity index is 2.57. The number of para-hydroxylation sites is 1. The molecule has 0 atom stereocenters. The standard InChI is InChI=1S/C17H18N2O6S/c1-4-25-17(20)14-7-5-6-8-15(14)18(3)26(23,24)16-11-13(19(21)22)10-9-12(16)2/h5-11H,4H2,1-3H3. The van der Waals surface area contributed by atoms with Gasteiger partial charge in [0.1, 0.15) is 0 Å². The fraction of sp³-hybridized carbons (Fsp3) is 0.235.